The van der Waals surface area contributed by atoms with Crippen molar-refractivity contribution in [2.75, 3.05) is 6.54 Å². The van der Waals surface area contributed by atoms with E-state index in [1.165, 1.54) is 19.3 Å². The Morgan fingerprint density at radius 2 is 1.57 bits per heavy atom. The van der Waals surface area contributed by atoms with Crippen molar-refractivity contribution in [3.63, 3.8) is 0 Å². The number of nitrogens with two attached hydrogens (primary N) is 4. The van der Waals surface area contributed by atoms with Crippen LogP contribution in [0.15, 0.2) is 9.98 Å². The van der Waals surface area contributed by atoms with Gasteiger partial charge in [-0.3, -0.25) is 9.59 Å². The van der Waals surface area contributed by atoms with Crippen molar-refractivity contribution in [1.82, 2.24) is 0 Å². The number of amides is 1. The molecule has 0 aliphatic heterocycles. The van der Waals surface area contributed by atoms with E-state index in [9.17, 15) is 9.59 Å². The number of aliphatic imine (C=N–C) groups is 2. The molecule has 0 saturated heterocycles. The van der Waals surface area contributed by atoms with Crippen LogP contribution < -0.4 is 22.9 Å². The van der Waals surface area contributed by atoms with Gasteiger partial charge in [0, 0.05) is 6.42 Å². The van der Waals surface area contributed by atoms with Gasteiger partial charge in [-0.05, 0) is 6.42 Å². The second-order valence-corrected chi connectivity index (χ2v) is 4.24. The number of carboxylic acids is 1. The fourth-order valence-electron chi connectivity index (χ4n) is 1.22. The van der Waals surface area contributed by atoms with Gasteiger partial charge in [0.25, 0.3) is 0 Å². The lowest BCUT2D eigenvalue weighted by Gasteiger charge is -1.95. The van der Waals surface area contributed by atoms with Crippen LogP contribution in [0.3, 0.4) is 0 Å². The first kappa shape index (κ1) is 21.0. The van der Waals surface area contributed by atoms with Gasteiger partial charge in [-0.2, -0.15) is 4.99 Å². The lowest BCUT2D eigenvalue weighted by molar-refractivity contribution is -0.135. The highest BCUT2D eigenvalue weighted by Gasteiger charge is 1.94. The van der Waals surface area contributed by atoms with Crippen LogP contribution in [-0.4, -0.2) is 35.4 Å². The number of primary amides is 1. The number of aliphatic carboxylic acids is 1. The first-order valence-corrected chi connectivity index (χ1v) is 6.69. The summed E-state index contributed by atoms with van der Waals surface area (Å²) in [6, 6.07) is 0. The first-order chi connectivity index (χ1) is 9.79. The summed E-state index contributed by atoms with van der Waals surface area (Å²) in [6.45, 7) is 1.73. The maximum atomic E-state index is 10.3. The van der Waals surface area contributed by atoms with Crippen molar-refractivity contribution in [2.45, 2.75) is 45.4 Å². The molecular weight excluding hydrogens is 276 g/mol. The van der Waals surface area contributed by atoms with Crippen LogP contribution in [-0.2, 0) is 9.59 Å². The predicted molar refractivity (Wildman–Crippen MR) is 82.5 cm³/mol. The van der Waals surface area contributed by atoms with Crippen LogP contribution in [0.25, 0.3) is 0 Å². The Kier molecular flexibility index (Phi) is 14.1. The van der Waals surface area contributed by atoms with E-state index in [4.69, 9.17) is 28.0 Å². The molecule has 0 heterocycles. The molecule has 9 heteroatoms. The molecule has 0 saturated carbocycles. The number of hydrogen-bond donors (Lipinski definition) is 5. The van der Waals surface area contributed by atoms with E-state index in [0.717, 1.165) is 12.8 Å². The van der Waals surface area contributed by atoms with Gasteiger partial charge in [-0.1, -0.05) is 32.6 Å². The smallest absolute Gasteiger partial charge is 0.325 e. The average Bonchev–Trinajstić information content (AvgIpc) is 2.36. The topological polar surface area (TPSA) is 183 Å². The number of rotatable bonds is 8. The summed E-state index contributed by atoms with van der Waals surface area (Å²) in [6.07, 6.45) is 6.44. The molecule has 0 spiro atoms. The van der Waals surface area contributed by atoms with Crippen molar-refractivity contribution in [2.24, 2.45) is 32.9 Å². The molecule has 0 aromatic carbocycles. The van der Waals surface area contributed by atoms with E-state index in [-0.39, 0.29) is 17.8 Å². The average molecular weight is 302 g/mol. The molecule has 0 aliphatic rings. The lowest BCUT2D eigenvalue weighted by atomic mass is 10.1. The summed E-state index contributed by atoms with van der Waals surface area (Å²) < 4.78 is 0. The third-order valence-electron chi connectivity index (χ3n) is 2.15. The monoisotopic (exact) mass is 302 g/mol. The van der Waals surface area contributed by atoms with E-state index < -0.39 is 12.5 Å². The fourth-order valence-corrected chi connectivity index (χ4v) is 1.22. The molecule has 0 fully saturated rings. The Hall–Kier alpha value is -2.32. The zero-order valence-electron chi connectivity index (χ0n) is 12.4. The standard InChI is InChI=1S/C8H17NO.C4H9N5O2/c1-2-3-4-5-6-7-8(9)10;5-3(6)9-4(7)8-1-2(10)11/h2-7H2,1H3,(H2,9,10);1H2,(H,10,11)(H6,5,6,7,8,9). The SMILES string of the molecule is CCCCCCCC(N)=O.NC(N)=NC(N)=NCC(=O)O. The number of carbonyl (C=O) groups is 2. The Labute approximate surface area is 124 Å². The quantitative estimate of drug-likeness (QED) is 0.228. The predicted octanol–water partition coefficient (Wildman–Crippen LogP) is -0.509. The number of nitrogens with zero attached hydrogens (tertiary/aromatic N) is 2. The van der Waals surface area contributed by atoms with E-state index >= 15 is 0 Å². The lowest BCUT2D eigenvalue weighted by Crippen LogP contribution is -2.26. The molecule has 0 aromatic heterocycles. The van der Waals surface area contributed by atoms with E-state index in [0.29, 0.717) is 6.42 Å². The van der Waals surface area contributed by atoms with Crippen molar-refractivity contribution in [3.05, 3.63) is 0 Å². The molecule has 0 bridgehead atoms. The van der Waals surface area contributed by atoms with Crippen LogP contribution in [0.5, 0.6) is 0 Å². The number of unbranched alkanes of at least 4 members (excludes halogenated alkanes) is 4. The molecule has 9 N–H and O–H groups in total. The molecule has 0 rings (SSSR count). The Morgan fingerprint density at radius 3 is 2.00 bits per heavy atom. The van der Waals surface area contributed by atoms with E-state index in [1.54, 1.807) is 0 Å². The van der Waals surface area contributed by atoms with E-state index in [1.807, 2.05) is 0 Å². The fraction of sp³-hybridized carbons (Fsp3) is 0.667. The maximum Gasteiger partial charge on any atom is 0.325 e. The molecule has 0 atom stereocenters. The van der Waals surface area contributed by atoms with Crippen molar-refractivity contribution in [1.29, 1.82) is 0 Å². The molecular formula is C12H26N6O3. The minimum atomic E-state index is -1.10. The molecule has 1 amide bonds. The van der Waals surface area contributed by atoms with Crippen LogP contribution in [0.4, 0.5) is 0 Å². The number of carbonyl (C=O) groups excluding carboxylic acids is 1. The van der Waals surface area contributed by atoms with Crippen LogP contribution in [0.1, 0.15) is 45.4 Å². The van der Waals surface area contributed by atoms with Crippen LogP contribution in [0, 0.1) is 0 Å². The molecule has 0 radical (unpaired) electrons. The molecule has 0 aromatic rings. The minimum absolute atomic E-state index is 0.170. The third kappa shape index (κ3) is 23.2. The highest BCUT2D eigenvalue weighted by molar-refractivity contribution is 5.93. The molecule has 122 valence electrons. The first-order valence-electron chi connectivity index (χ1n) is 6.69. The molecule has 0 aliphatic carbocycles. The highest BCUT2D eigenvalue weighted by atomic mass is 16.4. The van der Waals surface area contributed by atoms with Crippen molar-refractivity contribution < 1.29 is 14.7 Å². The normalized spacial score (nSPS) is 10.2. The van der Waals surface area contributed by atoms with Gasteiger partial charge in [0.15, 0.2) is 5.96 Å². The molecule has 9 nitrogen and oxygen atoms in total. The van der Waals surface area contributed by atoms with Crippen molar-refractivity contribution >= 4 is 23.8 Å². The summed E-state index contributed by atoms with van der Waals surface area (Å²) in [5.41, 5.74) is 19.9. The van der Waals surface area contributed by atoms with Gasteiger partial charge in [0.2, 0.25) is 11.9 Å². The Morgan fingerprint density at radius 1 is 1.00 bits per heavy atom. The number of carboxylic acid groups (broad SMARTS) is 1. The van der Waals surface area contributed by atoms with E-state index in [2.05, 4.69) is 16.9 Å². The summed E-state index contributed by atoms with van der Waals surface area (Å²) in [5, 5.41) is 8.12. The Bertz CT molecular complexity index is 364. The number of guanidine groups is 2. The second kappa shape index (κ2) is 14.1. The summed E-state index contributed by atoms with van der Waals surface area (Å²) >= 11 is 0. The van der Waals surface area contributed by atoms with Crippen molar-refractivity contribution in [3.8, 4) is 0 Å². The zero-order valence-corrected chi connectivity index (χ0v) is 12.4. The number of hydrogen-bond acceptors (Lipinski definition) is 3. The largest absolute Gasteiger partial charge is 0.480 e. The van der Waals surface area contributed by atoms with Gasteiger partial charge in [0.05, 0.1) is 0 Å². The van der Waals surface area contributed by atoms with Crippen LogP contribution >= 0.6 is 0 Å². The second-order valence-electron chi connectivity index (χ2n) is 4.24. The highest BCUT2D eigenvalue weighted by Crippen LogP contribution is 2.03. The zero-order chi connectivity index (χ0) is 16.7. The van der Waals surface area contributed by atoms with Gasteiger partial charge < -0.3 is 28.0 Å². The van der Waals surface area contributed by atoms with Gasteiger partial charge >= 0.3 is 5.97 Å². The Balaban J connectivity index is 0. The van der Waals surface area contributed by atoms with Gasteiger partial charge in [0.1, 0.15) is 6.54 Å². The van der Waals surface area contributed by atoms with Gasteiger partial charge in [-0.15, -0.1) is 0 Å². The van der Waals surface area contributed by atoms with Gasteiger partial charge in [-0.25, -0.2) is 4.99 Å². The minimum Gasteiger partial charge on any atom is -0.480 e. The summed E-state index contributed by atoms with van der Waals surface area (Å²) in [5.74, 6) is -1.76. The maximum absolute atomic E-state index is 10.3. The summed E-state index contributed by atoms with van der Waals surface area (Å²) in [7, 11) is 0. The molecule has 0 unspecified atom stereocenters. The molecule has 21 heavy (non-hydrogen) atoms. The summed E-state index contributed by atoms with van der Waals surface area (Å²) in [4.78, 5) is 26.8. The third-order valence-corrected chi connectivity index (χ3v) is 2.15. The van der Waals surface area contributed by atoms with Crippen LogP contribution in [0.2, 0.25) is 0 Å².